The van der Waals surface area contributed by atoms with Gasteiger partial charge in [0.15, 0.2) is 0 Å². The molecule has 0 unspecified atom stereocenters. The standard InChI is InChI=1S/C7H8O3S.C3H4N2/c1-6-4-2-3-5-7(6)11(8,9)10;1-2-5-3-4-1/h2-5H,1H3,(H,8,9,10);1-3H,(H,4,5). The molecule has 2 rings (SSSR count). The molecule has 6 heteroatoms. The molecule has 1 heterocycles. The zero-order valence-electron chi connectivity index (χ0n) is 8.67. The second-order valence-corrected chi connectivity index (χ2v) is 4.38. The molecule has 2 aromatic rings. The third-order valence-electron chi connectivity index (χ3n) is 1.81. The van der Waals surface area contributed by atoms with Gasteiger partial charge in [0.05, 0.1) is 4.90 Å². The highest BCUT2D eigenvalue weighted by molar-refractivity contribution is 7.85. The topological polar surface area (TPSA) is 87.1 Å². The van der Waals surface area contributed by atoms with Crippen molar-refractivity contribution in [2.75, 3.05) is 0 Å². The van der Waals surface area contributed by atoms with E-state index in [4.69, 9.17) is 0 Å². The summed E-state index contributed by atoms with van der Waals surface area (Å²) >= 11 is 0. The molecule has 0 radical (unpaired) electrons. The number of hydrogen-bond acceptors (Lipinski definition) is 3. The molecule has 86 valence electrons. The molecule has 0 bridgehead atoms. The van der Waals surface area contributed by atoms with E-state index in [0.29, 0.717) is 5.56 Å². The highest BCUT2D eigenvalue weighted by Gasteiger charge is 2.02. The number of rotatable bonds is 1. The number of hydrogen-bond donors (Lipinski definition) is 1. The summed E-state index contributed by atoms with van der Waals surface area (Å²) in [6.45, 7) is 1.59. The number of aromatic amines is 2. The molecule has 1 aromatic heterocycles. The predicted octanol–water partition coefficient (Wildman–Crippen LogP) is 0.728. The zero-order valence-corrected chi connectivity index (χ0v) is 9.49. The molecule has 16 heavy (non-hydrogen) atoms. The molecular weight excluding hydrogens is 228 g/mol. The van der Waals surface area contributed by atoms with Crippen molar-refractivity contribution in [3.63, 3.8) is 0 Å². The van der Waals surface area contributed by atoms with E-state index in [1.165, 1.54) is 12.1 Å². The Kier molecular flexibility index (Phi) is 4.21. The van der Waals surface area contributed by atoms with E-state index in [1.54, 1.807) is 25.4 Å². The van der Waals surface area contributed by atoms with Crippen LogP contribution in [-0.4, -0.2) is 18.0 Å². The van der Waals surface area contributed by atoms with Crippen LogP contribution in [0, 0.1) is 6.92 Å². The van der Waals surface area contributed by atoms with Gasteiger partial charge >= 0.3 is 0 Å². The average molecular weight is 240 g/mol. The Balaban J connectivity index is 0.000000212. The molecule has 0 aliphatic rings. The molecule has 0 spiro atoms. The first-order valence-corrected chi connectivity index (χ1v) is 5.93. The van der Waals surface area contributed by atoms with Crippen LogP contribution < -0.4 is 4.98 Å². The Hall–Kier alpha value is -1.66. The maximum Gasteiger partial charge on any atom is 0.239 e. The molecule has 0 aliphatic carbocycles. The van der Waals surface area contributed by atoms with E-state index in [9.17, 15) is 13.0 Å². The minimum absolute atomic E-state index is 0.139. The number of benzene rings is 1. The molecule has 1 aromatic carbocycles. The minimum atomic E-state index is -4.28. The number of aromatic nitrogens is 2. The number of nitrogens with one attached hydrogen (secondary N) is 2. The van der Waals surface area contributed by atoms with Crippen LogP contribution in [0.4, 0.5) is 0 Å². The van der Waals surface area contributed by atoms with E-state index >= 15 is 0 Å². The quantitative estimate of drug-likeness (QED) is 0.745. The second-order valence-electron chi connectivity index (χ2n) is 3.03. The fraction of sp³-hybridized carbons (Fsp3) is 0.100. The van der Waals surface area contributed by atoms with Crippen LogP contribution in [0.25, 0.3) is 0 Å². The first-order valence-electron chi connectivity index (χ1n) is 4.52. The summed E-state index contributed by atoms with van der Waals surface area (Å²) < 4.78 is 31.5. The van der Waals surface area contributed by atoms with Gasteiger partial charge in [0, 0.05) is 0 Å². The lowest BCUT2D eigenvalue weighted by Gasteiger charge is -2.08. The van der Waals surface area contributed by atoms with E-state index in [1.807, 2.05) is 12.4 Å². The van der Waals surface area contributed by atoms with E-state index in [-0.39, 0.29) is 4.90 Å². The van der Waals surface area contributed by atoms with Gasteiger partial charge < -0.3 is 4.55 Å². The van der Waals surface area contributed by atoms with Gasteiger partial charge in [-0.25, -0.2) is 8.42 Å². The number of imidazole rings is 1. The van der Waals surface area contributed by atoms with Crippen LogP contribution in [0.1, 0.15) is 5.56 Å². The van der Waals surface area contributed by atoms with Crippen LogP contribution >= 0.6 is 0 Å². The van der Waals surface area contributed by atoms with Crippen molar-refractivity contribution < 1.29 is 18.0 Å². The molecule has 0 fully saturated rings. The summed E-state index contributed by atoms with van der Waals surface area (Å²) in [7, 11) is -4.28. The summed E-state index contributed by atoms with van der Waals surface area (Å²) in [4.78, 5) is 5.47. The molecule has 0 saturated heterocycles. The Labute approximate surface area is 93.9 Å². The highest BCUT2D eigenvalue weighted by atomic mass is 32.2. The predicted molar refractivity (Wildman–Crippen MR) is 56.5 cm³/mol. The van der Waals surface area contributed by atoms with Crippen LogP contribution in [0.5, 0.6) is 0 Å². The van der Waals surface area contributed by atoms with E-state index in [0.717, 1.165) is 0 Å². The Morgan fingerprint density at radius 2 is 2.00 bits per heavy atom. The molecule has 0 atom stereocenters. The highest BCUT2D eigenvalue weighted by Crippen LogP contribution is 2.12. The largest absolute Gasteiger partial charge is 0.744 e. The first kappa shape index (κ1) is 12.4. The monoisotopic (exact) mass is 240 g/mol. The molecule has 2 N–H and O–H groups in total. The third kappa shape index (κ3) is 3.84. The van der Waals surface area contributed by atoms with Crippen LogP contribution in [-0.2, 0) is 10.1 Å². The second kappa shape index (κ2) is 5.43. The van der Waals surface area contributed by atoms with Crippen molar-refractivity contribution in [1.29, 1.82) is 0 Å². The zero-order chi connectivity index (χ0) is 12.0. The Bertz CT molecular complexity index is 504. The summed E-state index contributed by atoms with van der Waals surface area (Å²) in [5.74, 6) is 0. The molecule has 0 saturated carbocycles. The average Bonchev–Trinajstić information content (AvgIpc) is 2.74. The van der Waals surface area contributed by atoms with Crippen molar-refractivity contribution in [1.82, 2.24) is 4.98 Å². The summed E-state index contributed by atoms with van der Waals surface area (Å²) in [5.41, 5.74) is 0.488. The summed E-state index contributed by atoms with van der Waals surface area (Å²) in [6.07, 6.45) is 5.39. The smallest absolute Gasteiger partial charge is 0.239 e. The maximum atomic E-state index is 10.5. The van der Waals surface area contributed by atoms with Crippen LogP contribution in [0.3, 0.4) is 0 Å². The van der Waals surface area contributed by atoms with Gasteiger partial charge in [-0.3, -0.25) is 9.97 Å². The van der Waals surface area contributed by atoms with E-state index < -0.39 is 10.1 Å². The van der Waals surface area contributed by atoms with Crippen LogP contribution in [0.15, 0.2) is 47.9 Å². The van der Waals surface area contributed by atoms with Gasteiger partial charge in [0.2, 0.25) is 6.33 Å². The molecular formula is C10H12N2O3S. The Morgan fingerprint density at radius 3 is 2.31 bits per heavy atom. The summed E-state index contributed by atoms with van der Waals surface area (Å²) in [5, 5.41) is 0. The van der Waals surface area contributed by atoms with Crippen molar-refractivity contribution in [3.8, 4) is 0 Å². The summed E-state index contributed by atoms with van der Waals surface area (Å²) in [6, 6.07) is 6.10. The SMILES string of the molecule is Cc1ccccc1S(=O)(=O)[O-].c1c[nH+]c[nH]1. The van der Waals surface area contributed by atoms with Crippen molar-refractivity contribution in [2.24, 2.45) is 0 Å². The van der Waals surface area contributed by atoms with Gasteiger partial charge in [-0.2, -0.15) is 0 Å². The van der Waals surface area contributed by atoms with Crippen molar-refractivity contribution in [3.05, 3.63) is 48.5 Å². The minimum Gasteiger partial charge on any atom is -0.744 e. The van der Waals surface area contributed by atoms with Crippen molar-refractivity contribution >= 4 is 10.1 Å². The van der Waals surface area contributed by atoms with Gasteiger partial charge in [-0.1, -0.05) is 18.2 Å². The third-order valence-corrected chi connectivity index (χ3v) is 2.80. The van der Waals surface area contributed by atoms with Crippen molar-refractivity contribution in [2.45, 2.75) is 11.8 Å². The van der Waals surface area contributed by atoms with Gasteiger partial charge in [-0.15, -0.1) is 0 Å². The lowest BCUT2D eigenvalue weighted by molar-refractivity contribution is -0.375. The maximum absolute atomic E-state index is 10.5. The fourth-order valence-electron chi connectivity index (χ4n) is 1.08. The normalized spacial score (nSPS) is 10.4. The van der Waals surface area contributed by atoms with Crippen LogP contribution in [0.2, 0.25) is 0 Å². The number of aryl methyl sites for hydroxylation is 1. The van der Waals surface area contributed by atoms with Gasteiger partial charge in [-0.05, 0) is 18.6 Å². The van der Waals surface area contributed by atoms with Gasteiger partial charge in [0.25, 0.3) is 0 Å². The van der Waals surface area contributed by atoms with Gasteiger partial charge in [0.1, 0.15) is 22.5 Å². The Morgan fingerprint density at radius 1 is 1.31 bits per heavy atom. The lowest BCUT2D eigenvalue weighted by Crippen LogP contribution is -2.00. The fourth-order valence-corrected chi connectivity index (χ4v) is 1.79. The molecule has 0 amide bonds. The molecule has 0 aliphatic heterocycles. The van der Waals surface area contributed by atoms with E-state index in [2.05, 4.69) is 9.97 Å². The lowest BCUT2D eigenvalue weighted by atomic mass is 10.2. The molecule has 5 nitrogen and oxygen atoms in total. The number of H-pyrrole nitrogens is 2. The first-order chi connectivity index (χ1) is 7.52.